The van der Waals surface area contributed by atoms with Crippen molar-refractivity contribution in [3.63, 3.8) is 0 Å². The second kappa shape index (κ2) is 22.1. The van der Waals surface area contributed by atoms with Crippen molar-refractivity contribution in [2.75, 3.05) is 18.4 Å². The van der Waals surface area contributed by atoms with E-state index in [1.807, 2.05) is 32.9 Å². The first-order chi connectivity index (χ1) is 18.4. The van der Waals surface area contributed by atoms with Gasteiger partial charge < -0.3 is 21.2 Å². The normalized spacial score (nSPS) is 10.0. The van der Waals surface area contributed by atoms with Gasteiger partial charge in [-0.2, -0.15) is 0 Å². The minimum absolute atomic E-state index is 0.139. The van der Waals surface area contributed by atoms with E-state index in [2.05, 4.69) is 77.5 Å². The molecule has 0 aliphatic rings. The molecule has 8 nitrogen and oxygen atoms in total. The predicted octanol–water partition coefficient (Wildman–Crippen LogP) is 4.60. The number of amides is 1. The third-order valence-corrected chi connectivity index (χ3v) is 4.61. The fourth-order valence-electron chi connectivity index (χ4n) is 2.73. The summed E-state index contributed by atoms with van der Waals surface area (Å²) in [6.45, 7) is 12.9. The summed E-state index contributed by atoms with van der Waals surface area (Å²) >= 11 is 0. The second-order valence-corrected chi connectivity index (χ2v) is 7.49. The van der Waals surface area contributed by atoms with Gasteiger partial charge in [0.15, 0.2) is 0 Å². The molecule has 0 fully saturated rings. The number of carbonyl (C=O) groups is 2. The number of nitrogens with two attached hydrogens (primary N) is 1. The van der Waals surface area contributed by atoms with E-state index in [1.165, 1.54) is 5.56 Å². The van der Waals surface area contributed by atoms with Gasteiger partial charge in [-0.15, -0.1) is 5.59 Å². The average molecular weight is 520 g/mol. The SMILES string of the molecule is C=C(CNc1ccc(C)cc1)N/C(=C/C)C/C=C\CC#Cc1ccc(C(=O)NNO)cc1.CC.NCC=O. The van der Waals surface area contributed by atoms with E-state index in [1.54, 1.807) is 29.9 Å². The summed E-state index contributed by atoms with van der Waals surface area (Å²) in [4.78, 5) is 20.6. The van der Waals surface area contributed by atoms with E-state index in [9.17, 15) is 4.79 Å². The van der Waals surface area contributed by atoms with Gasteiger partial charge in [-0.1, -0.05) is 68.2 Å². The highest BCUT2D eigenvalue weighted by atomic mass is 16.5. The Balaban J connectivity index is 0.00000208. The van der Waals surface area contributed by atoms with E-state index in [0.29, 0.717) is 24.8 Å². The van der Waals surface area contributed by atoms with Crippen molar-refractivity contribution in [1.82, 2.24) is 16.3 Å². The fourth-order valence-corrected chi connectivity index (χ4v) is 2.73. The largest absolute Gasteiger partial charge is 0.379 e. The Hall–Kier alpha value is -4.16. The van der Waals surface area contributed by atoms with Crippen LogP contribution in [0.1, 0.15) is 55.1 Å². The molecule has 2 rings (SSSR count). The number of hydrogen-bond donors (Lipinski definition) is 6. The number of nitrogens with one attached hydrogen (secondary N) is 4. The molecule has 0 saturated carbocycles. The molecule has 2 aromatic carbocycles. The van der Waals surface area contributed by atoms with Crippen molar-refractivity contribution >= 4 is 17.9 Å². The molecule has 0 aliphatic heterocycles. The predicted molar refractivity (Wildman–Crippen MR) is 156 cm³/mol. The number of hydrogen-bond acceptors (Lipinski definition) is 7. The highest BCUT2D eigenvalue weighted by Crippen LogP contribution is 2.09. The molecule has 0 atom stereocenters. The van der Waals surface area contributed by atoms with Crippen LogP contribution >= 0.6 is 0 Å². The lowest BCUT2D eigenvalue weighted by Gasteiger charge is -2.13. The van der Waals surface area contributed by atoms with Crippen molar-refractivity contribution in [1.29, 1.82) is 0 Å². The quantitative estimate of drug-likeness (QED) is 0.111. The average Bonchev–Trinajstić information content (AvgIpc) is 2.95. The molecular formula is C30H41N5O3. The molecule has 0 aromatic heterocycles. The summed E-state index contributed by atoms with van der Waals surface area (Å²) in [7, 11) is 0. The molecule has 0 bridgehead atoms. The summed E-state index contributed by atoms with van der Waals surface area (Å²) in [6.07, 6.45) is 8.19. The Morgan fingerprint density at radius 2 is 1.71 bits per heavy atom. The van der Waals surface area contributed by atoms with Crippen LogP contribution in [-0.4, -0.2) is 30.5 Å². The summed E-state index contributed by atoms with van der Waals surface area (Å²) in [5, 5.41) is 15.2. The van der Waals surface area contributed by atoms with Gasteiger partial charge in [-0.05, 0) is 50.2 Å². The number of rotatable bonds is 11. The van der Waals surface area contributed by atoms with Crippen LogP contribution in [0, 0.1) is 18.8 Å². The Morgan fingerprint density at radius 1 is 1.08 bits per heavy atom. The maximum atomic E-state index is 11.6. The number of hydrazine groups is 1. The number of carbonyl (C=O) groups excluding carboxylic acids is 2. The summed E-state index contributed by atoms with van der Waals surface area (Å²) in [5.74, 6) is 5.74. The van der Waals surface area contributed by atoms with Crippen molar-refractivity contribution in [3.05, 3.63) is 101 Å². The van der Waals surface area contributed by atoms with Crippen LogP contribution in [-0.2, 0) is 4.79 Å². The van der Waals surface area contributed by atoms with Crippen LogP contribution in [0.4, 0.5) is 5.69 Å². The minimum Gasteiger partial charge on any atom is -0.379 e. The van der Waals surface area contributed by atoms with Gasteiger partial charge in [0.1, 0.15) is 6.29 Å². The third-order valence-electron chi connectivity index (χ3n) is 4.61. The van der Waals surface area contributed by atoms with Crippen LogP contribution in [0.5, 0.6) is 0 Å². The molecular weight excluding hydrogens is 478 g/mol. The van der Waals surface area contributed by atoms with Crippen LogP contribution in [0.3, 0.4) is 0 Å². The van der Waals surface area contributed by atoms with Crippen LogP contribution < -0.4 is 27.4 Å². The molecule has 2 aromatic rings. The van der Waals surface area contributed by atoms with Crippen LogP contribution in [0.15, 0.2) is 84.7 Å². The van der Waals surface area contributed by atoms with Gasteiger partial charge in [0.05, 0.1) is 6.54 Å². The molecule has 7 N–H and O–H groups in total. The number of anilines is 1. The lowest BCUT2D eigenvalue weighted by Crippen LogP contribution is -2.34. The minimum atomic E-state index is -0.419. The third kappa shape index (κ3) is 15.8. The molecule has 0 saturated heterocycles. The molecule has 0 unspecified atom stereocenters. The maximum Gasteiger partial charge on any atom is 0.267 e. The first kappa shape index (κ1) is 33.8. The van der Waals surface area contributed by atoms with E-state index in [-0.39, 0.29) is 6.54 Å². The van der Waals surface area contributed by atoms with Gasteiger partial charge in [-0.3, -0.25) is 15.4 Å². The topological polar surface area (TPSA) is 129 Å². The summed E-state index contributed by atoms with van der Waals surface area (Å²) in [5.41, 5.74) is 13.9. The van der Waals surface area contributed by atoms with E-state index >= 15 is 0 Å². The van der Waals surface area contributed by atoms with Gasteiger partial charge in [0.2, 0.25) is 0 Å². The van der Waals surface area contributed by atoms with Crippen LogP contribution in [0.2, 0.25) is 0 Å². The number of aldehydes is 1. The first-order valence-corrected chi connectivity index (χ1v) is 12.4. The lowest BCUT2D eigenvalue weighted by atomic mass is 10.1. The summed E-state index contributed by atoms with van der Waals surface area (Å²) < 4.78 is 0. The van der Waals surface area contributed by atoms with Crippen molar-refractivity contribution < 1.29 is 14.8 Å². The smallest absolute Gasteiger partial charge is 0.267 e. The van der Waals surface area contributed by atoms with Crippen molar-refractivity contribution in [2.45, 2.75) is 40.5 Å². The Kier molecular flexibility index (Phi) is 19.7. The van der Waals surface area contributed by atoms with Gasteiger partial charge in [0.25, 0.3) is 5.91 Å². The monoisotopic (exact) mass is 519 g/mol. The number of aryl methyl sites for hydroxylation is 1. The number of benzene rings is 2. The highest BCUT2D eigenvalue weighted by molar-refractivity contribution is 5.93. The molecule has 1 amide bonds. The zero-order chi connectivity index (χ0) is 28.6. The molecule has 8 heteroatoms. The molecule has 0 aliphatic carbocycles. The fraction of sp³-hybridized carbons (Fsp3) is 0.267. The van der Waals surface area contributed by atoms with Gasteiger partial charge >= 0.3 is 0 Å². The van der Waals surface area contributed by atoms with Crippen LogP contribution in [0.25, 0.3) is 0 Å². The second-order valence-electron chi connectivity index (χ2n) is 7.49. The van der Waals surface area contributed by atoms with E-state index in [0.717, 1.165) is 29.1 Å². The molecule has 0 radical (unpaired) electrons. The Labute approximate surface area is 227 Å². The molecule has 204 valence electrons. The highest BCUT2D eigenvalue weighted by Gasteiger charge is 2.02. The van der Waals surface area contributed by atoms with Crippen molar-refractivity contribution in [2.24, 2.45) is 5.73 Å². The van der Waals surface area contributed by atoms with Crippen molar-refractivity contribution in [3.8, 4) is 11.8 Å². The van der Waals surface area contributed by atoms with Gasteiger partial charge in [0, 0.05) is 47.6 Å². The Bertz CT molecular complexity index is 1080. The number of allylic oxidation sites excluding steroid dienone is 3. The molecule has 0 spiro atoms. The standard InChI is InChI=1S/C26H30N4O2.C2H5NO.C2H6/c1-4-24(28-21(3)19-27-25-17-11-20(2)12-18-25)10-8-6-5-7-9-22-13-15-23(16-14-22)26(31)29-30-32;3-1-2-4;1-2/h4,6,8,11-18,27-28,30,32H,3,5,10,19H2,1-2H3,(H,29,31);2H,1,3H2;1-2H3/b8-6-,24-4+;;. The lowest BCUT2D eigenvalue weighted by molar-refractivity contribution is -0.106. The van der Waals surface area contributed by atoms with Gasteiger partial charge in [-0.25, -0.2) is 0 Å². The Morgan fingerprint density at radius 3 is 2.26 bits per heavy atom. The zero-order valence-corrected chi connectivity index (χ0v) is 22.8. The molecule has 0 heterocycles. The summed E-state index contributed by atoms with van der Waals surface area (Å²) in [6, 6.07) is 15.1. The first-order valence-electron chi connectivity index (χ1n) is 12.4. The van der Waals surface area contributed by atoms with E-state index < -0.39 is 5.91 Å². The van der Waals surface area contributed by atoms with E-state index in [4.69, 9.17) is 10.0 Å². The maximum absolute atomic E-state index is 11.6. The zero-order valence-electron chi connectivity index (χ0n) is 22.8. The molecule has 38 heavy (non-hydrogen) atoms.